The molecule has 4 nitrogen and oxygen atoms in total. The minimum Gasteiger partial charge on any atom is -0.394 e. The highest BCUT2D eigenvalue weighted by Gasteiger charge is 2.28. The highest BCUT2D eigenvalue weighted by Crippen LogP contribution is 2.24. The van der Waals surface area contributed by atoms with E-state index in [1.807, 2.05) is 24.0 Å². The summed E-state index contributed by atoms with van der Waals surface area (Å²) >= 11 is 0. The molecule has 18 heavy (non-hydrogen) atoms. The number of aliphatic hydroxyl groups is 1. The van der Waals surface area contributed by atoms with Crippen LogP contribution in [0.1, 0.15) is 17.5 Å². The highest BCUT2D eigenvalue weighted by atomic mass is 16.3. The number of hydrogen-bond acceptors (Lipinski definition) is 3. The van der Waals surface area contributed by atoms with Crippen LogP contribution in [-0.2, 0) is 4.79 Å². The Morgan fingerprint density at radius 2 is 2.22 bits per heavy atom. The molecule has 1 aromatic rings. The lowest BCUT2D eigenvalue weighted by atomic mass is 10.1. The number of carbonyl (C=O) groups is 1. The zero-order valence-electron chi connectivity index (χ0n) is 10.9. The van der Waals surface area contributed by atoms with Gasteiger partial charge in [0.25, 0.3) is 0 Å². The molecule has 0 bridgehead atoms. The summed E-state index contributed by atoms with van der Waals surface area (Å²) in [6, 6.07) is 5.70. The smallest absolute Gasteiger partial charge is 0.245 e. The van der Waals surface area contributed by atoms with Crippen molar-refractivity contribution in [1.82, 2.24) is 5.32 Å². The number of carbonyl (C=O) groups excluding carboxylic acids is 1. The van der Waals surface area contributed by atoms with E-state index in [4.69, 9.17) is 0 Å². The highest BCUT2D eigenvalue weighted by molar-refractivity contribution is 5.86. The van der Waals surface area contributed by atoms with Gasteiger partial charge in [-0.25, -0.2) is 0 Å². The van der Waals surface area contributed by atoms with Crippen molar-refractivity contribution in [1.29, 1.82) is 0 Å². The zero-order valence-corrected chi connectivity index (χ0v) is 10.9. The van der Waals surface area contributed by atoms with Gasteiger partial charge < -0.3 is 15.3 Å². The average molecular weight is 248 g/mol. The maximum Gasteiger partial charge on any atom is 0.245 e. The third-order valence-corrected chi connectivity index (χ3v) is 3.39. The molecule has 1 aliphatic rings. The van der Waals surface area contributed by atoms with Crippen molar-refractivity contribution in [2.24, 2.45) is 0 Å². The molecule has 1 fully saturated rings. The number of nitrogens with zero attached hydrogens (tertiary/aromatic N) is 1. The minimum atomic E-state index is -0.478. The largest absolute Gasteiger partial charge is 0.394 e. The lowest BCUT2D eigenvalue weighted by molar-refractivity contribution is -0.122. The van der Waals surface area contributed by atoms with E-state index >= 15 is 0 Å². The van der Waals surface area contributed by atoms with Gasteiger partial charge in [-0.1, -0.05) is 17.7 Å². The van der Waals surface area contributed by atoms with Crippen molar-refractivity contribution in [2.75, 3.05) is 24.6 Å². The van der Waals surface area contributed by atoms with Gasteiger partial charge in [-0.05, 0) is 31.9 Å². The Bertz CT molecular complexity index is 445. The van der Waals surface area contributed by atoms with Crippen molar-refractivity contribution in [3.8, 4) is 0 Å². The van der Waals surface area contributed by atoms with Crippen LogP contribution in [0.3, 0.4) is 0 Å². The summed E-state index contributed by atoms with van der Waals surface area (Å²) in [5.74, 6) is -0.0880. The standard InChI is InChI=1S/C14H20N2O2/c1-10-4-5-12(11(2)8-10)16-7-3-6-15-14(18)13(16)9-17/h4-5,8,13,17H,3,6-7,9H2,1-2H3,(H,15,18). The SMILES string of the molecule is Cc1ccc(N2CCCNC(=O)C2CO)c(C)c1. The first kappa shape index (κ1) is 12.9. The number of rotatable bonds is 2. The Labute approximate surface area is 108 Å². The normalized spacial score (nSPS) is 20.5. The van der Waals surface area contributed by atoms with Gasteiger partial charge in [-0.3, -0.25) is 4.79 Å². The fourth-order valence-corrected chi connectivity index (χ4v) is 2.47. The van der Waals surface area contributed by atoms with Crippen molar-refractivity contribution >= 4 is 11.6 Å². The Kier molecular flexibility index (Phi) is 3.87. The predicted octanol–water partition coefficient (Wildman–Crippen LogP) is 0.991. The third kappa shape index (κ3) is 2.48. The summed E-state index contributed by atoms with van der Waals surface area (Å²) in [6.07, 6.45) is 0.898. The molecule has 0 spiro atoms. The van der Waals surface area contributed by atoms with Gasteiger partial charge in [-0.2, -0.15) is 0 Å². The van der Waals surface area contributed by atoms with Crippen LogP contribution in [0.15, 0.2) is 18.2 Å². The summed E-state index contributed by atoms with van der Waals surface area (Å²) in [7, 11) is 0. The lowest BCUT2D eigenvalue weighted by Gasteiger charge is -2.30. The van der Waals surface area contributed by atoms with E-state index in [2.05, 4.69) is 18.3 Å². The van der Waals surface area contributed by atoms with Crippen molar-refractivity contribution in [2.45, 2.75) is 26.3 Å². The minimum absolute atomic E-state index is 0.0880. The van der Waals surface area contributed by atoms with Crippen LogP contribution in [0.2, 0.25) is 0 Å². The maximum atomic E-state index is 11.9. The molecule has 0 aromatic heterocycles. The zero-order chi connectivity index (χ0) is 13.1. The average Bonchev–Trinajstić information content (AvgIpc) is 2.51. The van der Waals surface area contributed by atoms with Crippen LogP contribution in [-0.4, -0.2) is 36.8 Å². The molecule has 4 heteroatoms. The topological polar surface area (TPSA) is 52.6 Å². The van der Waals surface area contributed by atoms with Gasteiger partial charge in [0.2, 0.25) is 5.91 Å². The third-order valence-electron chi connectivity index (χ3n) is 3.39. The van der Waals surface area contributed by atoms with E-state index in [0.29, 0.717) is 6.54 Å². The van der Waals surface area contributed by atoms with Gasteiger partial charge in [-0.15, -0.1) is 0 Å². The summed E-state index contributed by atoms with van der Waals surface area (Å²) in [5.41, 5.74) is 3.39. The summed E-state index contributed by atoms with van der Waals surface area (Å²) < 4.78 is 0. The molecule has 1 amide bonds. The summed E-state index contributed by atoms with van der Waals surface area (Å²) in [5, 5.41) is 12.3. The molecule has 1 atom stereocenters. The number of benzene rings is 1. The Balaban J connectivity index is 2.36. The molecule has 2 rings (SSSR count). The van der Waals surface area contributed by atoms with E-state index in [-0.39, 0.29) is 12.5 Å². The second-order valence-electron chi connectivity index (χ2n) is 4.83. The molecule has 0 aliphatic carbocycles. The molecule has 1 heterocycles. The van der Waals surface area contributed by atoms with E-state index in [1.165, 1.54) is 5.56 Å². The van der Waals surface area contributed by atoms with E-state index < -0.39 is 6.04 Å². The Hall–Kier alpha value is -1.55. The maximum absolute atomic E-state index is 11.9. The van der Waals surface area contributed by atoms with Gasteiger partial charge in [0, 0.05) is 18.8 Å². The Morgan fingerprint density at radius 1 is 1.44 bits per heavy atom. The van der Waals surface area contributed by atoms with E-state index in [0.717, 1.165) is 24.2 Å². The lowest BCUT2D eigenvalue weighted by Crippen LogP contribution is -2.47. The summed E-state index contributed by atoms with van der Waals surface area (Å²) in [4.78, 5) is 13.9. The number of aryl methyl sites for hydroxylation is 2. The van der Waals surface area contributed by atoms with E-state index in [9.17, 15) is 9.90 Å². The predicted molar refractivity (Wildman–Crippen MR) is 71.8 cm³/mol. The number of nitrogens with one attached hydrogen (secondary N) is 1. The van der Waals surface area contributed by atoms with E-state index in [1.54, 1.807) is 0 Å². The fourth-order valence-electron chi connectivity index (χ4n) is 2.47. The molecule has 1 saturated heterocycles. The van der Waals surface area contributed by atoms with Crippen LogP contribution in [0.4, 0.5) is 5.69 Å². The quantitative estimate of drug-likeness (QED) is 0.820. The molecule has 1 unspecified atom stereocenters. The second-order valence-corrected chi connectivity index (χ2v) is 4.83. The van der Waals surface area contributed by atoms with Crippen LogP contribution in [0.5, 0.6) is 0 Å². The molecule has 1 aromatic carbocycles. The van der Waals surface area contributed by atoms with Crippen LogP contribution >= 0.6 is 0 Å². The van der Waals surface area contributed by atoms with Crippen molar-refractivity contribution in [3.63, 3.8) is 0 Å². The molecular weight excluding hydrogens is 228 g/mol. The number of anilines is 1. The fraction of sp³-hybridized carbons (Fsp3) is 0.500. The molecular formula is C14H20N2O2. The van der Waals surface area contributed by atoms with Crippen LogP contribution in [0.25, 0.3) is 0 Å². The van der Waals surface area contributed by atoms with Gasteiger partial charge in [0.15, 0.2) is 0 Å². The monoisotopic (exact) mass is 248 g/mol. The van der Waals surface area contributed by atoms with Crippen LogP contribution in [0, 0.1) is 13.8 Å². The molecule has 0 radical (unpaired) electrons. The number of aliphatic hydroxyl groups excluding tert-OH is 1. The Morgan fingerprint density at radius 3 is 2.89 bits per heavy atom. The number of hydrogen-bond donors (Lipinski definition) is 2. The first-order valence-corrected chi connectivity index (χ1v) is 6.36. The van der Waals surface area contributed by atoms with Gasteiger partial charge in [0.1, 0.15) is 6.04 Å². The van der Waals surface area contributed by atoms with Crippen molar-refractivity contribution < 1.29 is 9.90 Å². The molecule has 2 N–H and O–H groups in total. The molecule has 1 aliphatic heterocycles. The summed E-state index contributed by atoms with van der Waals surface area (Å²) in [6.45, 7) is 5.40. The second kappa shape index (κ2) is 5.40. The molecule has 0 saturated carbocycles. The molecule has 98 valence electrons. The number of amides is 1. The first-order valence-electron chi connectivity index (χ1n) is 6.36. The first-order chi connectivity index (χ1) is 8.63. The van der Waals surface area contributed by atoms with Gasteiger partial charge >= 0.3 is 0 Å². The van der Waals surface area contributed by atoms with Crippen LogP contribution < -0.4 is 10.2 Å². The van der Waals surface area contributed by atoms with Crippen molar-refractivity contribution in [3.05, 3.63) is 29.3 Å². The van der Waals surface area contributed by atoms with Gasteiger partial charge in [0.05, 0.1) is 6.61 Å².